The summed E-state index contributed by atoms with van der Waals surface area (Å²) >= 11 is 0. The van der Waals surface area contributed by atoms with Gasteiger partial charge in [-0.1, -0.05) is 12.1 Å². The zero-order valence-electron chi connectivity index (χ0n) is 18.0. The number of nitrogens with zero attached hydrogens (tertiary/aromatic N) is 3. The van der Waals surface area contributed by atoms with E-state index in [0.717, 1.165) is 24.0 Å². The fourth-order valence-electron chi connectivity index (χ4n) is 4.69. The van der Waals surface area contributed by atoms with Gasteiger partial charge in [0, 0.05) is 56.7 Å². The maximum Gasteiger partial charge on any atom is 0.238 e. The van der Waals surface area contributed by atoms with Gasteiger partial charge in [0.15, 0.2) is 0 Å². The highest BCUT2D eigenvalue weighted by atomic mass is 16.5. The van der Waals surface area contributed by atoms with Crippen LogP contribution < -0.4 is 10.1 Å². The number of anilines is 1. The number of carbonyl (C=O) groups excluding carboxylic acids is 2. The molecule has 32 heavy (non-hydrogen) atoms. The standard InChI is InChI=1S/C24H28N4O4/c29-23-15-27-8-9-28(24(30)17-5-10-31-11-6-17)14-20(27)16-32-22-4-3-18(12-21(22)26-23)19-2-1-7-25-13-19/h1-4,7,12-13,17,20H,5-6,8-11,14-16H2,(H,26,29)/t20-/m0/s1. The molecule has 2 amide bonds. The molecule has 8 nitrogen and oxygen atoms in total. The van der Waals surface area contributed by atoms with Gasteiger partial charge in [-0.15, -0.1) is 0 Å². The van der Waals surface area contributed by atoms with Gasteiger partial charge in [-0.2, -0.15) is 0 Å². The number of nitrogens with one attached hydrogen (secondary N) is 1. The second kappa shape index (κ2) is 9.26. The molecule has 2 saturated heterocycles. The van der Waals surface area contributed by atoms with Crippen molar-refractivity contribution in [3.8, 4) is 16.9 Å². The van der Waals surface area contributed by atoms with Crippen molar-refractivity contribution in [3.63, 3.8) is 0 Å². The number of piperazine rings is 1. The molecule has 1 aromatic carbocycles. The van der Waals surface area contributed by atoms with Gasteiger partial charge in [0.05, 0.1) is 18.3 Å². The van der Waals surface area contributed by atoms with E-state index in [9.17, 15) is 9.59 Å². The van der Waals surface area contributed by atoms with Crippen LogP contribution in [0, 0.1) is 5.92 Å². The zero-order valence-corrected chi connectivity index (χ0v) is 18.0. The second-order valence-corrected chi connectivity index (χ2v) is 8.61. The van der Waals surface area contributed by atoms with E-state index in [-0.39, 0.29) is 30.3 Å². The topological polar surface area (TPSA) is 84.0 Å². The third-order valence-electron chi connectivity index (χ3n) is 6.51. The van der Waals surface area contributed by atoms with Gasteiger partial charge in [0.1, 0.15) is 12.4 Å². The maximum atomic E-state index is 13.0. The lowest BCUT2D eigenvalue weighted by atomic mass is 9.97. The molecule has 1 aromatic heterocycles. The first-order valence-corrected chi connectivity index (χ1v) is 11.2. The van der Waals surface area contributed by atoms with Gasteiger partial charge in [-0.25, -0.2) is 0 Å². The summed E-state index contributed by atoms with van der Waals surface area (Å²) in [7, 11) is 0. The first-order valence-electron chi connectivity index (χ1n) is 11.2. The van der Waals surface area contributed by atoms with Gasteiger partial charge in [0.2, 0.25) is 11.8 Å². The van der Waals surface area contributed by atoms with Crippen LogP contribution in [0.3, 0.4) is 0 Å². The van der Waals surface area contributed by atoms with Crippen molar-refractivity contribution in [2.75, 3.05) is 51.3 Å². The number of amides is 2. The molecule has 1 atom stereocenters. The number of rotatable bonds is 2. The molecule has 8 heteroatoms. The van der Waals surface area contributed by atoms with Gasteiger partial charge in [-0.05, 0) is 36.6 Å². The molecule has 1 N–H and O–H groups in total. The molecule has 4 heterocycles. The van der Waals surface area contributed by atoms with Crippen molar-refractivity contribution in [1.82, 2.24) is 14.8 Å². The molecule has 0 bridgehead atoms. The Morgan fingerprint density at radius 2 is 2.00 bits per heavy atom. The second-order valence-electron chi connectivity index (χ2n) is 8.61. The number of hydrogen-bond donors (Lipinski definition) is 1. The van der Waals surface area contributed by atoms with E-state index < -0.39 is 0 Å². The van der Waals surface area contributed by atoms with E-state index in [2.05, 4.69) is 15.2 Å². The average Bonchev–Trinajstić information content (AvgIpc) is 2.90. The lowest BCUT2D eigenvalue weighted by Crippen LogP contribution is -2.58. The summed E-state index contributed by atoms with van der Waals surface area (Å²) < 4.78 is 11.6. The molecule has 0 saturated carbocycles. The number of ether oxygens (including phenoxy) is 2. The predicted octanol–water partition coefficient (Wildman–Crippen LogP) is 2.02. The van der Waals surface area contributed by atoms with Crippen LogP contribution >= 0.6 is 0 Å². The molecular formula is C24H28N4O4. The summed E-state index contributed by atoms with van der Waals surface area (Å²) in [4.78, 5) is 34.1. The first kappa shape index (κ1) is 20.9. The van der Waals surface area contributed by atoms with Crippen LogP contribution in [0.5, 0.6) is 5.75 Å². The van der Waals surface area contributed by atoms with Crippen LogP contribution in [0.15, 0.2) is 42.7 Å². The number of aromatic nitrogens is 1. The van der Waals surface area contributed by atoms with Gasteiger partial charge in [0.25, 0.3) is 0 Å². The monoisotopic (exact) mass is 436 g/mol. The Morgan fingerprint density at radius 3 is 2.81 bits per heavy atom. The molecule has 168 valence electrons. The minimum Gasteiger partial charge on any atom is -0.490 e. The largest absolute Gasteiger partial charge is 0.490 e. The highest BCUT2D eigenvalue weighted by Gasteiger charge is 2.35. The summed E-state index contributed by atoms with van der Waals surface area (Å²) in [6.45, 7) is 3.88. The van der Waals surface area contributed by atoms with E-state index in [4.69, 9.17) is 9.47 Å². The number of hydrogen-bond acceptors (Lipinski definition) is 6. The average molecular weight is 437 g/mol. The summed E-state index contributed by atoms with van der Waals surface area (Å²) in [6, 6.07) is 9.63. The molecule has 2 aromatic rings. The van der Waals surface area contributed by atoms with Crippen LogP contribution in [0.25, 0.3) is 11.1 Å². The van der Waals surface area contributed by atoms with Crippen molar-refractivity contribution in [3.05, 3.63) is 42.7 Å². The van der Waals surface area contributed by atoms with Crippen LogP contribution in [0.4, 0.5) is 5.69 Å². The Bertz CT molecular complexity index is 977. The van der Waals surface area contributed by atoms with Crippen molar-refractivity contribution in [2.24, 2.45) is 5.92 Å². The van der Waals surface area contributed by atoms with Crippen LogP contribution in [-0.2, 0) is 14.3 Å². The summed E-state index contributed by atoms with van der Waals surface area (Å²) in [5.74, 6) is 0.816. The minimum absolute atomic E-state index is 0.0257. The van der Waals surface area contributed by atoms with E-state index in [1.165, 1.54) is 0 Å². The molecule has 0 radical (unpaired) electrons. The SMILES string of the molecule is O=C1CN2CCN(C(=O)C3CCOCC3)C[C@H]2COc2ccc(-c3cccnc3)cc2N1. The Labute approximate surface area is 187 Å². The summed E-state index contributed by atoms with van der Waals surface area (Å²) in [5, 5.41) is 3.01. The van der Waals surface area contributed by atoms with Crippen molar-refractivity contribution in [1.29, 1.82) is 0 Å². The highest BCUT2D eigenvalue weighted by Crippen LogP contribution is 2.32. The fraction of sp³-hybridized carbons (Fsp3) is 0.458. The van der Waals surface area contributed by atoms with E-state index in [0.29, 0.717) is 50.9 Å². The number of fused-ring (bicyclic) bond motifs is 2. The van der Waals surface area contributed by atoms with E-state index >= 15 is 0 Å². The molecule has 0 unspecified atom stereocenters. The maximum absolute atomic E-state index is 13.0. The van der Waals surface area contributed by atoms with Crippen LogP contribution in [-0.4, -0.2) is 78.6 Å². The molecular weight excluding hydrogens is 408 g/mol. The number of carbonyl (C=O) groups is 2. The highest BCUT2D eigenvalue weighted by molar-refractivity contribution is 5.94. The molecule has 2 fully saturated rings. The summed E-state index contributed by atoms with van der Waals surface area (Å²) in [6.07, 6.45) is 5.10. The lowest BCUT2D eigenvalue weighted by Gasteiger charge is -2.41. The van der Waals surface area contributed by atoms with E-state index in [1.54, 1.807) is 12.4 Å². The van der Waals surface area contributed by atoms with Crippen molar-refractivity contribution in [2.45, 2.75) is 18.9 Å². The predicted molar refractivity (Wildman–Crippen MR) is 119 cm³/mol. The Morgan fingerprint density at radius 1 is 1.12 bits per heavy atom. The van der Waals surface area contributed by atoms with Crippen LogP contribution in [0.2, 0.25) is 0 Å². The molecule has 3 aliphatic rings. The van der Waals surface area contributed by atoms with E-state index in [1.807, 2.05) is 35.2 Å². The molecule has 0 aliphatic carbocycles. The Kier molecular flexibility index (Phi) is 6.05. The van der Waals surface area contributed by atoms with Gasteiger partial charge < -0.3 is 19.7 Å². The smallest absolute Gasteiger partial charge is 0.238 e. The third-order valence-corrected chi connectivity index (χ3v) is 6.51. The molecule has 5 rings (SSSR count). The fourth-order valence-corrected chi connectivity index (χ4v) is 4.69. The van der Waals surface area contributed by atoms with Crippen molar-refractivity contribution >= 4 is 17.5 Å². The van der Waals surface area contributed by atoms with Crippen molar-refractivity contribution < 1.29 is 19.1 Å². The Balaban J connectivity index is 1.32. The molecule has 3 aliphatic heterocycles. The third kappa shape index (κ3) is 4.47. The summed E-state index contributed by atoms with van der Waals surface area (Å²) in [5.41, 5.74) is 2.60. The zero-order chi connectivity index (χ0) is 21.9. The molecule has 0 spiro atoms. The minimum atomic E-state index is -0.0747. The van der Waals surface area contributed by atoms with Gasteiger partial charge in [-0.3, -0.25) is 19.5 Å². The normalized spacial score (nSPS) is 22.4. The first-order chi connectivity index (χ1) is 15.7. The van der Waals surface area contributed by atoms with Gasteiger partial charge >= 0.3 is 0 Å². The Hall–Kier alpha value is -2.97. The lowest BCUT2D eigenvalue weighted by molar-refractivity contribution is -0.142. The quantitative estimate of drug-likeness (QED) is 0.776. The number of benzene rings is 1. The number of pyridine rings is 1. The van der Waals surface area contributed by atoms with Crippen LogP contribution in [0.1, 0.15) is 12.8 Å².